The van der Waals surface area contributed by atoms with Crippen LogP contribution in [0.3, 0.4) is 0 Å². The molecule has 9 heteroatoms. The maximum absolute atomic E-state index is 12.0. The molecule has 3 rings (SSSR count). The Kier molecular flexibility index (Phi) is 6.79. The number of ether oxygens (including phenoxy) is 2. The molecule has 0 aliphatic carbocycles. The first-order valence-electron chi connectivity index (χ1n) is 8.34. The molecule has 0 radical (unpaired) electrons. The number of esters is 1. The zero-order chi connectivity index (χ0) is 20.6. The van der Waals surface area contributed by atoms with E-state index in [1.165, 1.54) is 11.3 Å². The van der Waals surface area contributed by atoms with Gasteiger partial charge in [-0.2, -0.15) is 5.26 Å². The molecule has 0 saturated carbocycles. The van der Waals surface area contributed by atoms with Crippen molar-refractivity contribution < 1.29 is 19.1 Å². The van der Waals surface area contributed by atoms with E-state index >= 15 is 0 Å². The molecule has 146 valence electrons. The number of hydrogen-bond donors (Lipinski definition) is 1. The van der Waals surface area contributed by atoms with Crippen LogP contribution in [0.1, 0.15) is 5.56 Å². The number of nitrogens with one attached hydrogen (secondary N) is 1. The molecule has 3 aromatic rings. The van der Waals surface area contributed by atoms with Crippen molar-refractivity contribution in [3.05, 3.63) is 64.5 Å². The number of nitriles is 1. The molecule has 2 aromatic carbocycles. The first-order chi connectivity index (χ1) is 14.0. The lowest BCUT2D eigenvalue weighted by molar-refractivity contribution is -0.149. The Morgan fingerprint density at radius 1 is 1.14 bits per heavy atom. The summed E-state index contributed by atoms with van der Waals surface area (Å²) in [6.07, 6.45) is 0. The van der Waals surface area contributed by atoms with Crippen LogP contribution < -0.4 is 10.1 Å². The van der Waals surface area contributed by atoms with E-state index in [1.807, 2.05) is 24.3 Å². The number of benzene rings is 2. The van der Waals surface area contributed by atoms with Gasteiger partial charge in [0, 0.05) is 16.0 Å². The van der Waals surface area contributed by atoms with Crippen LogP contribution in [0.2, 0.25) is 5.02 Å². The number of anilines is 1. The summed E-state index contributed by atoms with van der Waals surface area (Å²) in [6, 6.07) is 15.5. The fourth-order valence-electron chi connectivity index (χ4n) is 2.23. The SMILES string of the molecule is N#Cc1ccc(OCC(=O)OCC(=O)Nc2nc(-c3ccccc3Cl)cs2)cc1. The van der Waals surface area contributed by atoms with Crippen LogP contribution >= 0.6 is 22.9 Å². The summed E-state index contributed by atoms with van der Waals surface area (Å²) < 4.78 is 10.1. The average molecular weight is 428 g/mol. The minimum Gasteiger partial charge on any atom is -0.482 e. The lowest BCUT2D eigenvalue weighted by atomic mass is 10.2. The Hall–Kier alpha value is -3.41. The van der Waals surface area contributed by atoms with Crippen molar-refractivity contribution in [1.82, 2.24) is 4.98 Å². The smallest absolute Gasteiger partial charge is 0.344 e. The Morgan fingerprint density at radius 2 is 1.90 bits per heavy atom. The van der Waals surface area contributed by atoms with Crippen LogP contribution in [0, 0.1) is 11.3 Å². The number of amides is 1. The fourth-order valence-corrected chi connectivity index (χ4v) is 3.19. The molecule has 0 aliphatic heterocycles. The quantitative estimate of drug-likeness (QED) is 0.574. The first-order valence-corrected chi connectivity index (χ1v) is 9.60. The van der Waals surface area contributed by atoms with Crippen LogP contribution in [-0.4, -0.2) is 30.1 Å². The van der Waals surface area contributed by atoms with Crippen molar-refractivity contribution >= 4 is 39.9 Å². The Morgan fingerprint density at radius 3 is 2.62 bits per heavy atom. The summed E-state index contributed by atoms with van der Waals surface area (Å²) in [4.78, 5) is 28.0. The van der Waals surface area contributed by atoms with E-state index in [0.29, 0.717) is 27.2 Å². The molecule has 0 aliphatic rings. The zero-order valence-corrected chi connectivity index (χ0v) is 16.5. The molecule has 0 saturated heterocycles. The monoisotopic (exact) mass is 427 g/mol. The van der Waals surface area contributed by atoms with E-state index < -0.39 is 18.5 Å². The number of nitrogens with zero attached hydrogens (tertiary/aromatic N) is 2. The lowest BCUT2D eigenvalue weighted by Gasteiger charge is -2.07. The third-order valence-corrected chi connectivity index (χ3v) is 4.69. The van der Waals surface area contributed by atoms with E-state index in [9.17, 15) is 9.59 Å². The molecule has 0 atom stereocenters. The molecule has 1 aromatic heterocycles. The van der Waals surface area contributed by atoms with E-state index in [4.69, 9.17) is 26.3 Å². The molecule has 0 bridgehead atoms. The molecule has 0 unspecified atom stereocenters. The van der Waals surface area contributed by atoms with Gasteiger partial charge in [0.1, 0.15) is 5.75 Å². The molecule has 1 heterocycles. The Labute approximate surface area is 175 Å². The summed E-state index contributed by atoms with van der Waals surface area (Å²) in [6.45, 7) is -0.816. The van der Waals surface area contributed by atoms with Crippen LogP contribution in [0.15, 0.2) is 53.9 Å². The van der Waals surface area contributed by atoms with Gasteiger partial charge in [-0.3, -0.25) is 10.1 Å². The minimum atomic E-state index is -0.694. The van der Waals surface area contributed by atoms with E-state index in [-0.39, 0.29) is 6.61 Å². The third-order valence-electron chi connectivity index (χ3n) is 3.60. The second-order valence-electron chi connectivity index (χ2n) is 5.65. The molecule has 29 heavy (non-hydrogen) atoms. The van der Waals surface area contributed by atoms with Gasteiger partial charge in [0.25, 0.3) is 5.91 Å². The minimum absolute atomic E-state index is 0.354. The lowest BCUT2D eigenvalue weighted by Crippen LogP contribution is -2.23. The highest BCUT2D eigenvalue weighted by molar-refractivity contribution is 7.14. The van der Waals surface area contributed by atoms with Crippen LogP contribution in [0.25, 0.3) is 11.3 Å². The van der Waals surface area contributed by atoms with Crippen molar-refractivity contribution in [3.8, 4) is 23.1 Å². The highest BCUT2D eigenvalue weighted by atomic mass is 35.5. The molecule has 7 nitrogen and oxygen atoms in total. The van der Waals surface area contributed by atoms with Gasteiger partial charge in [0.15, 0.2) is 18.3 Å². The van der Waals surface area contributed by atoms with Gasteiger partial charge in [-0.05, 0) is 30.3 Å². The molecule has 1 N–H and O–H groups in total. The molecule has 0 spiro atoms. The van der Waals surface area contributed by atoms with Gasteiger partial charge in [-0.15, -0.1) is 11.3 Å². The number of halogens is 1. The standard InChI is InChI=1S/C20H14ClN3O4S/c21-16-4-2-1-3-15(16)17-12-29-20(23-17)24-18(25)10-28-19(26)11-27-14-7-5-13(9-22)6-8-14/h1-8,12H,10-11H2,(H,23,24,25). The predicted octanol–water partition coefficient (Wildman–Crippen LogP) is 3.90. The number of carbonyl (C=O) groups is 2. The van der Waals surface area contributed by atoms with Gasteiger partial charge in [0.05, 0.1) is 17.3 Å². The molecule has 1 amide bonds. The normalized spacial score (nSPS) is 10.1. The van der Waals surface area contributed by atoms with Gasteiger partial charge >= 0.3 is 5.97 Å². The average Bonchev–Trinajstić information content (AvgIpc) is 3.19. The van der Waals surface area contributed by atoms with Gasteiger partial charge in [-0.1, -0.05) is 29.8 Å². The maximum atomic E-state index is 12.0. The van der Waals surface area contributed by atoms with Crippen LogP contribution in [0.5, 0.6) is 5.75 Å². The Balaban J connectivity index is 1.44. The number of carbonyl (C=O) groups excluding carboxylic acids is 2. The van der Waals surface area contributed by atoms with Gasteiger partial charge < -0.3 is 9.47 Å². The van der Waals surface area contributed by atoms with Crippen molar-refractivity contribution in [2.45, 2.75) is 0 Å². The second kappa shape index (κ2) is 9.68. The first kappa shape index (κ1) is 20.3. The number of aromatic nitrogens is 1. The van der Waals surface area contributed by atoms with Crippen molar-refractivity contribution in [3.63, 3.8) is 0 Å². The van der Waals surface area contributed by atoms with Gasteiger partial charge in [0.2, 0.25) is 0 Å². The summed E-state index contributed by atoms with van der Waals surface area (Å²) in [5.74, 6) is -0.794. The topological polar surface area (TPSA) is 101 Å². The van der Waals surface area contributed by atoms with Crippen molar-refractivity contribution in [2.75, 3.05) is 18.5 Å². The summed E-state index contributed by atoms with van der Waals surface area (Å²) in [5.41, 5.74) is 1.89. The summed E-state index contributed by atoms with van der Waals surface area (Å²) in [7, 11) is 0. The second-order valence-corrected chi connectivity index (χ2v) is 6.92. The number of hydrogen-bond acceptors (Lipinski definition) is 7. The molecule has 0 fully saturated rings. The maximum Gasteiger partial charge on any atom is 0.344 e. The third kappa shape index (κ3) is 5.78. The molecular weight excluding hydrogens is 414 g/mol. The number of thiazole rings is 1. The number of rotatable bonds is 7. The zero-order valence-electron chi connectivity index (χ0n) is 14.9. The van der Waals surface area contributed by atoms with E-state index in [1.54, 1.807) is 35.7 Å². The highest BCUT2D eigenvalue weighted by Crippen LogP contribution is 2.30. The predicted molar refractivity (Wildman–Crippen MR) is 109 cm³/mol. The Bertz CT molecular complexity index is 1060. The molecular formula is C20H14ClN3O4S. The van der Waals surface area contributed by atoms with Crippen molar-refractivity contribution in [1.29, 1.82) is 5.26 Å². The van der Waals surface area contributed by atoms with Crippen LogP contribution in [-0.2, 0) is 14.3 Å². The highest BCUT2D eigenvalue weighted by Gasteiger charge is 2.12. The van der Waals surface area contributed by atoms with Gasteiger partial charge in [-0.25, -0.2) is 9.78 Å². The summed E-state index contributed by atoms with van der Waals surface area (Å²) >= 11 is 7.38. The largest absolute Gasteiger partial charge is 0.482 e. The van der Waals surface area contributed by atoms with Crippen molar-refractivity contribution in [2.24, 2.45) is 0 Å². The summed E-state index contributed by atoms with van der Waals surface area (Å²) in [5, 5.41) is 14.0. The fraction of sp³-hybridized carbons (Fsp3) is 0.100. The van der Waals surface area contributed by atoms with E-state index in [0.717, 1.165) is 5.56 Å². The van der Waals surface area contributed by atoms with Crippen LogP contribution in [0.4, 0.5) is 5.13 Å². The van der Waals surface area contributed by atoms with E-state index in [2.05, 4.69) is 10.3 Å².